The standard InChI is InChI=1S/C38H53NO5/c1-23(2)27-14-17-38(33(41)44-8)19-18-36(6)28(31(27)38)12-13-30-35(5)22-25(20-24-10-9-11-26(21-24)39(42)43)32(40)34(3,4)29(35)15-16-37(30,36)7/h9-11,20-21,27-31,39,42H,1,12-19,22H2,2-8H3/b25-20-/t27-,28+,29?,30+,31?,35-,36+,37+,38-/m0/s1. The molecule has 1 aromatic carbocycles. The molecule has 0 saturated heterocycles. The molecule has 3 unspecified atom stereocenters. The molecule has 6 nitrogen and oxygen atoms in total. The van der Waals surface area contributed by atoms with Crippen LogP contribution in [0.2, 0.25) is 0 Å². The number of benzene rings is 1. The first kappa shape index (κ1) is 31.7. The highest BCUT2D eigenvalue weighted by molar-refractivity contribution is 6.04. The van der Waals surface area contributed by atoms with Crippen LogP contribution < -0.4 is 5.23 Å². The van der Waals surface area contributed by atoms with E-state index in [0.717, 1.165) is 68.9 Å². The summed E-state index contributed by atoms with van der Waals surface area (Å²) in [5.41, 5.74) is 2.27. The monoisotopic (exact) mass is 603 g/mol. The topological polar surface area (TPSA) is 91.1 Å². The van der Waals surface area contributed by atoms with Crippen molar-refractivity contribution in [2.75, 3.05) is 7.11 Å². The fourth-order valence-corrected chi connectivity index (χ4v) is 12.6. The van der Waals surface area contributed by atoms with Crippen molar-refractivity contribution >= 4 is 23.5 Å². The number of carbonyl (C=O) groups excluding carboxylic acids is 2. The number of hydrogen-bond acceptors (Lipinski definition) is 5. The number of nitrogens with one attached hydrogen (secondary N) is 1. The molecule has 5 fully saturated rings. The van der Waals surface area contributed by atoms with Crippen molar-refractivity contribution in [3.8, 4) is 0 Å². The number of ketones is 1. The number of quaternary nitrogens is 1. The van der Waals surface area contributed by atoms with Crippen LogP contribution in [0.3, 0.4) is 0 Å². The minimum Gasteiger partial charge on any atom is -0.595 e. The lowest BCUT2D eigenvalue weighted by atomic mass is 9.32. The highest BCUT2D eigenvalue weighted by Gasteiger charge is 2.72. The van der Waals surface area contributed by atoms with E-state index in [9.17, 15) is 20.0 Å². The van der Waals surface area contributed by atoms with Gasteiger partial charge in [0.2, 0.25) is 0 Å². The summed E-state index contributed by atoms with van der Waals surface area (Å²) in [6.45, 7) is 18.5. The lowest BCUT2D eigenvalue weighted by Crippen LogP contribution is -2.99. The van der Waals surface area contributed by atoms with E-state index in [1.54, 1.807) is 25.3 Å². The minimum absolute atomic E-state index is 0.00876. The van der Waals surface area contributed by atoms with E-state index in [2.05, 4.69) is 48.1 Å². The van der Waals surface area contributed by atoms with Crippen molar-refractivity contribution < 1.29 is 24.8 Å². The van der Waals surface area contributed by atoms with Gasteiger partial charge in [-0.25, -0.2) is 5.21 Å². The molecule has 10 atom stereocenters. The molecule has 5 aliphatic rings. The van der Waals surface area contributed by atoms with Gasteiger partial charge < -0.3 is 9.94 Å². The van der Waals surface area contributed by atoms with Crippen LogP contribution in [-0.4, -0.2) is 24.1 Å². The van der Waals surface area contributed by atoms with Crippen molar-refractivity contribution in [1.82, 2.24) is 0 Å². The number of allylic oxidation sites excluding steroid dienone is 2. The van der Waals surface area contributed by atoms with Crippen molar-refractivity contribution in [3.63, 3.8) is 0 Å². The van der Waals surface area contributed by atoms with Crippen LogP contribution in [-0.2, 0) is 14.3 Å². The third-order valence-electron chi connectivity index (χ3n) is 14.7. The van der Waals surface area contributed by atoms with Gasteiger partial charge in [-0.3, -0.25) is 9.59 Å². The van der Waals surface area contributed by atoms with Crippen LogP contribution in [0.5, 0.6) is 0 Å². The Morgan fingerprint density at radius 3 is 2.41 bits per heavy atom. The first-order chi connectivity index (χ1) is 20.6. The van der Waals surface area contributed by atoms with Crippen molar-refractivity contribution in [1.29, 1.82) is 0 Å². The maximum absolute atomic E-state index is 14.1. The number of rotatable bonds is 4. The predicted octanol–water partition coefficient (Wildman–Crippen LogP) is 7.48. The van der Waals surface area contributed by atoms with Crippen LogP contribution in [0.1, 0.15) is 105 Å². The highest BCUT2D eigenvalue weighted by atomic mass is 16.8. The van der Waals surface area contributed by atoms with Crippen molar-refractivity contribution in [3.05, 3.63) is 52.8 Å². The minimum atomic E-state index is -0.958. The van der Waals surface area contributed by atoms with Crippen molar-refractivity contribution in [2.24, 2.45) is 56.7 Å². The summed E-state index contributed by atoms with van der Waals surface area (Å²) in [6, 6.07) is 6.94. The Bertz CT molecular complexity index is 1410. The molecule has 0 aromatic heterocycles. The van der Waals surface area contributed by atoms with Gasteiger partial charge in [-0.05, 0) is 128 Å². The molecule has 0 aliphatic heterocycles. The summed E-state index contributed by atoms with van der Waals surface area (Å²) in [5, 5.41) is 20.3. The summed E-state index contributed by atoms with van der Waals surface area (Å²) in [4.78, 5) is 27.7. The fourth-order valence-electron chi connectivity index (χ4n) is 12.6. The Morgan fingerprint density at radius 2 is 1.75 bits per heavy atom. The second kappa shape index (κ2) is 10.4. The van der Waals surface area contributed by atoms with Gasteiger partial charge in [0.05, 0.1) is 12.5 Å². The van der Waals surface area contributed by atoms with E-state index in [-0.39, 0.29) is 45.5 Å². The Labute approximate surface area is 263 Å². The maximum atomic E-state index is 14.1. The van der Waals surface area contributed by atoms with Crippen molar-refractivity contribution in [2.45, 2.75) is 99.3 Å². The molecule has 0 amide bonds. The van der Waals surface area contributed by atoms with Gasteiger partial charge in [0.15, 0.2) is 11.5 Å². The van der Waals surface area contributed by atoms with Gasteiger partial charge in [-0.2, -0.15) is 5.23 Å². The van der Waals surface area contributed by atoms with Gasteiger partial charge in [-0.15, -0.1) is 0 Å². The van der Waals surface area contributed by atoms with Crippen LogP contribution in [0.15, 0.2) is 42.0 Å². The summed E-state index contributed by atoms with van der Waals surface area (Å²) >= 11 is 0. The highest BCUT2D eigenvalue weighted by Crippen LogP contribution is 2.77. The number of carbonyl (C=O) groups is 2. The van der Waals surface area contributed by atoms with Gasteiger partial charge >= 0.3 is 5.97 Å². The molecule has 6 rings (SSSR count). The number of esters is 1. The summed E-state index contributed by atoms with van der Waals surface area (Å²) in [6.07, 6.45) is 10.9. The molecule has 6 heteroatoms. The summed E-state index contributed by atoms with van der Waals surface area (Å²) in [7, 11) is 1.56. The molecular formula is C38H53NO5. The second-order valence-corrected chi connectivity index (χ2v) is 16.7. The number of ether oxygens (including phenoxy) is 1. The third kappa shape index (κ3) is 4.15. The Kier molecular flexibility index (Phi) is 7.47. The molecule has 1 aromatic rings. The molecule has 0 bridgehead atoms. The lowest BCUT2D eigenvalue weighted by molar-refractivity contribution is -0.991. The molecular weight excluding hydrogens is 550 g/mol. The van der Waals surface area contributed by atoms with E-state index in [4.69, 9.17) is 4.74 Å². The van der Waals surface area contributed by atoms with Gasteiger partial charge in [0, 0.05) is 17.5 Å². The largest absolute Gasteiger partial charge is 0.595 e. The van der Waals surface area contributed by atoms with E-state index in [0.29, 0.717) is 17.8 Å². The predicted molar refractivity (Wildman–Crippen MR) is 172 cm³/mol. The molecule has 0 spiro atoms. The van der Waals surface area contributed by atoms with Crippen LogP contribution >= 0.6 is 0 Å². The van der Waals surface area contributed by atoms with Gasteiger partial charge in [0.25, 0.3) is 0 Å². The molecule has 5 saturated carbocycles. The summed E-state index contributed by atoms with van der Waals surface area (Å²) < 4.78 is 5.53. The molecule has 5 aliphatic carbocycles. The first-order valence-electron chi connectivity index (χ1n) is 16.9. The average Bonchev–Trinajstić information content (AvgIpc) is 3.37. The van der Waals surface area contributed by atoms with E-state index in [1.165, 1.54) is 5.57 Å². The normalized spacial score (nSPS) is 44.2. The van der Waals surface area contributed by atoms with Gasteiger partial charge in [-0.1, -0.05) is 58.9 Å². The van der Waals surface area contributed by atoms with E-state index >= 15 is 0 Å². The fraction of sp³-hybridized carbons (Fsp3) is 0.684. The maximum Gasteiger partial charge on any atom is 0.312 e. The Hall–Kier alpha value is -2.28. The zero-order chi connectivity index (χ0) is 32.0. The number of Topliss-reactive ketones (excluding diaryl/α,β-unsaturated/α-hetero) is 1. The van der Waals surface area contributed by atoms with Crippen LogP contribution in [0, 0.1) is 61.9 Å². The first-order valence-corrected chi connectivity index (χ1v) is 16.9. The number of hydrogen-bond donors (Lipinski definition) is 2. The lowest BCUT2D eigenvalue weighted by Gasteiger charge is -2.72. The van der Waals surface area contributed by atoms with Gasteiger partial charge in [0.1, 0.15) is 0 Å². The number of methoxy groups -OCH3 is 1. The van der Waals surface area contributed by atoms with E-state index < -0.39 is 16.1 Å². The number of fused-ring (bicyclic) bond motifs is 7. The molecule has 240 valence electrons. The second-order valence-electron chi connectivity index (χ2n) is 16.7. The molecule has 2 N–H and O–H groups in total. The Balaban J connectivity index is 1.41. The van der Waals surface area contributed by atoms with E-state index in [1.807, 2.05) is 12.1 Å². The van der Waals surface area contributed by atoms with Crippen LogP contribution in [0.4, 0.5) is 5.69 Å². The smallest absolute Gasteiger partial charge is 0.312 e. The van der Waals surface area contributed by atoms with Crippen LogP contribution in [0.25, 0.3) is 6.08 Å². The summed E-state index contributed by atoms with van der Waals surface area (Å²) in [5.74, 6) is 2.00. The quantitative estimate of drug-likeness (QED) is 0.161. The Morgan fingerprint density at radius 1 is 1.02 bits per heavy atom. The zero-order valence-electron chi connectivity index (χ0n) is 27.9. The SMILES string of the molecule is C=C(C)[C@@H]1CC[C@]2(C(=O)OC)CC[C@]3(C)[C@H](CC[C@@H]4[C@@]5(C)C/C(=C/c6cccc([NH+]([O-])O)c6)C(=O)C(C)(C)C5CC[C@]43C)C12. The third-order valence-corrected chi connectivity index (χ3v) is 14.7. The zero-order valence-corrected chi connectivity index (χ0v) is 27.9. The average molecular weight is 604 g/mol. The molecule has 0 heterocycles. The molecule has 0 radical (unpaired) electrons. The molecule has 44 heavy (non-hydrogen) atoms.